The van der Waals surface area contributed by atoms with Gasteiger partial charge < -0.3 is 5.11 Å². The summed E-state index contributed by atoms with van der Waals surface area (Å²) in [7, 11) is 0. The quantitative estimate of drug-likeness (QED) is 0.651. The van der Waals surface area contributed by atoms with E-state index in [1.165, 1.54) is 5.56 Å². The molecule has 12 heavy (non-hydrogen) atoms. The summed E-state index contributed by atoms with van der Waals surface area (Å²) in [6.07, 6.45) is 3.25. The molecule has 1 nitrogen and oxygen atoms in total. The number of halogens is 1. The zero-order valence-electron chi connectivity index (χ0n) is 6.63. The molecule has 63 valence electrons. The molecule has 1 aliphatic rings. The molecule has 2 heteroatoms. The van der Waals surface area contributed by atoms with Gasteiger partial charge >= 0.3 is 0 Å². The minimum Gasteiger partial charge on any atom is -0.392 e. The highest BCUT2D eigenvalue weighted by Crippen LogP contribution is 2.28. The number of hydrogen-bond acceptors (Lipinski definition) is 1. The highest BCUT2D eigenvalue weighted by atomic mass is 35.5. The summed E-state index contributed by atoms with van der Waals surface area (Å²) in [6, 6.07) is 5.87. The molecule has 1 aliphatic carbocycles. The van der Waals surface area contributed by atoms with Crippen LogP contribution in [0.5, 0.6) is 0 Å². The van der Waals surface area contributed by atoms with E-state index >= 15 is 0 Å². The van der Waals surface area contributed by atoms with Gasteiger partial charge in [0.05, 0.1) is 6.10 Å². The number of fused-ring (bicyclic) bond motifs is 1. The molecular weight excluding hydrogens is 172 g/mol. The summed E-state index contributed by atoms with van der Waals surface area (Å²) in [4.78, 5) is 0. The van der Waals surface area contributed by atoms with Crippen LogP contribution in [0.1, 0.15) is 17.5 Å². The number of rotatable bonds is 0. The van der Waals surface area contributed by atoms with Gasteiger partial charge in [-0.1, -0.05) is 23.7 Å². The second-order valence-electron chi connectivity index (χ2n) is 3.09. The van der Waals surface area contributed by atoms with Crippen molar-refractivity contribution in [2.75, 3.05) is 0 Å². The first-order chi connectivity index (χ1) is 5.77. The van der Waals surface area contributed by atoms with Crippen molar-refractivity contribution in [2.45, 2.75) is 18.9 Å². The lowest BCUT2D eigenvalue weighted by Gasteiger charge is -2.20. The van der Waals surface area contributed by atoms with E-state index in [9.17, 15) is 5.11 Å². The van der Waals surface area contributed by atoms with Gasteiger partial charge in [0, 0.05) is 11.4 Å². The maximum atomic E-state index is 9.37. The molecular formula is C10H10ClO. The maximum Gasteiger partial charge on any atom is 0.0619 e. The van der Waals surface area contributed by atoms with E-state index in [0.29, 0.717) is 0 Å². The normalized spacial score (nSPS) is 22.0. The molecule has 0 heterocycles. The summed E-state index contributed by atoms with van der Waals surface area (Å²) in [6.45, 7) is 0. The molecule has 0 amide bonds. The number of aryl methyl sites for hydroxylation is 1. The molecule has 1 aromatic carbocycles. The smallest absolute Gasteiger partial charge is 0.0619 e. The number of hydrogen-bond donors (Lipinski definition) is 1. The summed E-state index contributed by atoms with van der Waals surface area (Å²) in [5.74, 6) is 0. The Bertz CT molecular complexity index is 296. The predicted octanol–water partition coefficient (Wildman–Crippen LogP) is 2.20. The average Bonchev–Trinajstić information content (AvgIpc) is 2.07. The first-order valence-electron chi connectivity index (χ1n) is 4.08. The minimum atomic E-state index is -0.322. The van der Waals surface area contributed by atoms with Crippen molar-refractivity contribution in [2.24, 2.45) is 0 Å². The molecule has 0 fully saturated rings. The molecule has 0 aliphatic heterocycles. The molecule has 0 spiro atoms. The van der Waals surface area contributed by atoms with Gasteiger partial charge in [-0.25, -0.2) is 0 Å². The Labute approximate surface area is 77.0 Å². The number of benzene rings is 1. The van der Waals surface area contributed by atoms with E-state index in [4.69, 9.17) is 11.6 Å². The fraction of sp³-hybridized carbons (Fsp3) is 0.300. The third-order valence-corrected chi connectivity index (χ3v) is 2.54. The monoisotopic (exact) mass is 181 g/mol. The van der Waals surface area contributed by atoms with Crippen LogP contribution in [0.25, 0.3) is 0 Å². The van der Waals surface area contributed by atoms with Crippen LogP contribution in [0, 0.1) is 6.42 Å². The SMILES string of the molecule is OC1[CH]c2c(Cl)cccc2CC1. The van der Waals surface area contributed by atoms with Gasteiger partial charge in [-0.2, -0.15) is 0 Å². The Kier molecular flexibility index (Phi) is 2.07. The van der Waals surface area contributed by atoms with Gasteiger partial charge in [0.2, 0.25) is 0 Å². The van der Waals surface area contributed by atoms with E-state index in [1.54, 1.807) is 0 Å². The van der Waals surface area contributed by atoms with E-state index in [0.717, 1.165) is 23.4 Å². The van der Waals surface area contributed by atoms with Crippen molar-refractivity contribution in [3.8, 4) is 0 Å². The molecule has 0 aromatic heterocycles. The minimum absolute atomic E-state index is 0.322. The average molecular weight is 182 g/mol. The third kappa shape index (κ3) is 1.35. The Morgan fingerprint density at radius 2 is 2.25 bits per heavy atom. The molecule has 1 N–H and O–H groups in total. The lowest BCUT2D eigenvalue weighted by atomic mass is 9.90. The number of aliphatic hydroxyl groups excluding tert-OH is 1. The highest BCUT2D eigenvalue weighted by Gasteiger charge is 2.18. The topological polar surface area (TPSA) is 20.2 Å². The van der Waals surface area contributed by atoms with Gasteiger partial charge in [-0.3, -0.25) is 0 Å². The van der Waals surface area contributed by atoms with Gasteiger partial charge in [-0.05, 0) is 30.0 Å². The van der Waals surface area contributed by atoms with Crippen LogP contribution < -0.4 is 0 Å². The van der Waals surface area contributed by atoms with Crippen LogP contribution in [-0.4, -0.2) is 11.2 Å². The lowest BCUT2D eigenvalue weighted by molar-refractivity contribution is 0.195. The van der Waals surface area contributed by atoms with E-state index in [1.807, 2.05) is 18.6 Å². The molecule has 0 saturated heterocycles. The summed E-state index contributed by atoms with van der Waals surface area (Å²) in [5.41, 5.74) is 2.26. The maximum absolute atomic E-state index is 9.37. The fourth-order valence-corrected chi connectivity index (χ4v) is 1.82. The fourth-order valence-electron chi connectivity index (χ4n) is 1.57. The van der Waals surface area contributed by atoms with Crippen molar-refractivity contribution >= 4 is 11.6 Å². The first-order valence-corrected chi connectivity index (χ1v) is 4.45. The van der Waals surface area contributed by atoms with Crippen molar-refractivity contribution in [3.63, 3.8) is 0 Å². The van der Waals surface area contributed by atoms with Crippen LogP contribution >= 0.6 is 11.6 Å². The Balaban J connectivity index is 2.43. The second-order valence-corrected chi connectivity index (χ2v) is 3.49. The summed E-state index contributed by atoms with van der Waals surface area (Å²) in [5, 5.41) is 10.1. The highest BCUT2D eigenvalue weighted by molar-refractivity contribution is 6.31. The largest absolute Gasteiger partial charge is 0.392 e. The van der Waals surface area contributed by atoms with Crippen LogP contribution in [0.2, 0.25) is 5.02 Å². The molecule has 0 bridgehead atoms. The molecule has 1 unspecified atom stereocenters. The summed E-state index contributed by atoms with van der Waals surface area (Å²) >= 11 is 5.97. The van der Waals surface area contributed by atoms with Crippen LogP contribution in [-0.2, 0) is 6.42 Å². The zero-order chi connectivity index (χ0) is 8.55. The van der Waals surface area contributed by atoms with Gasteiger partial charge in [0.25, 0.3) is 0 Å². The Morgan fingerprint density at radius 1 is 1.42 bits per heavy atom. The van der Waals surface area contributed by atoms with Crippen molar-refractivity contribution in [3.05, 3.63) is 40.8 Å². The van der Waals surface area contributed by atoms with Crippen LogP contribution in [0.3, 0.4) is 0 Å². The van der Waals surface area contributed by atoms with Gasteiger partial charge in [0.1, 0.15) is 0 Å². The standard InChI is InChI=1S/C10H10ClO/c11-10-3-1-2-7-4-5-8(12)6-9(7)10/h1-3,6,8,12H,4-5H2. The van der Waals surface area contributed by atoms with Gasteiger partial charge in [-0.15, -0.1) is 0 Å². The van der Waals surface area contributed by atoms with Gasteiger partial charge in [0.15, 0.2) is 0 Å². The number of aliphatic hydroxyl groups is 1. The summed E-state index contributed by atoms with van der Waals surface area (Å²) < 4.78 is 0. The molecule has 0 saturated carbocycles. The third-order valence-electron chi connectivity index (χ3n) is 2.21. The van der Waals surface area contributed by atoms with E-state index in [2.05, 4.69) is 6.07 Å². The van der Waals surface area contributed by atoms with E-state index < -0.39 is 0 Å². The van der Waals surface area contributed by atoms with Crippen molar-refractivity contribution in [1.29, 1.82) is 0 Å². The van der Waals surface area contributed by atoms with Crippen LogP contribution in [0.15, 0.2) is 18.2 Å². The van der Waals surface area contributed by atoms with Crippen molar-refractivity contribution < 1.29 is 5.11 Å². The van der Waals surface area contributed by atoms with Crippen molar-refractivity contribution in [1.82, 2.24) is 0 Å². The second kappa shape index (κ2) is 3.08. The van der Waals surface area contributed by atoms with E-state index in [-0.39, 0.29) is 6.10 Å². The predicted molar refractivity (Wildman–Crippen MR) is 49.2 cm³/mol. The molecule has 1 radical (unpaired) electrons. The Hall–Kier alpha value is -0.530. The lowest BCUT2D eigenvalue weighted by Crippen LogP contribution is -2.16. The zero-order valence-corrected chi connectivity index (χ0v) is 7.38. The molecule has 1 atom stereocenters. The molecule has 1 aromatic rings. The Morgan fingerprint density at radius 3 is 3.08 bits per heavy atom. The molecule has 2 rings (SSSR count). The first kappa shape index (κ1) is 8.09. The van der Waals surface area contributed by atoms with Crippen LogP contribution in [0.4, 0.5) is 0 Å².